The third-order valence-corrected chi connectivity index (χ3v) is 2.23. The van der Waals surface area contributed by atoms with Gasteiger partial charge in [-0.05, 0) is 35.6 Å². The topological polar surface area (TPSA) is 26.0 Å². The minimum atomic E-state index is 0.643. The third-order valence-electron chi connectivity index (χ3n) is 2.23. The zero-order valence-corrected chi connectivity index (χ0v) is 7.85. The average molecular weight is 162 g/mol. The number of hydrogen-bond acceptors (Lipinski definition) is 1. The minimum absolute atomic E-state index is 0.643. The van der Waals surface area contributed by atoms with E-state index in [1.165, 1.54) is 16.7 Å². The van der Waals surface area contributed by atoms with Gasteiger partial charge in [-0.3, -0.25) is 0 Å². The van der Waals surface area contributed by atoms with Crippen LogP contribution in [0.1, 0.15) is 30.5 Å². The summed E-state index contributed by atoms with van der Waals surface area (Å²) in [6.07, 6.45) is 2.09. The van der Waals surface area contributed by atoms with Gasteiger partial charge in [-0.1, -0.05) is 26.0 Å². The van der Waals surface area contributed by atoms with Crippen molar-refractivity contribution < 1.29 is 0 Å². The fourth-order valence-corrected chi connectivity index (χ4v) is 1.53. The van der Waals surface area contributed by atoms with Crippen LogP contribution in [-0.2, 0) is 19.4 Å². The summed E-state index contributed by atoms with van der Waals surface area (Å²) in [5, 5.41) is 0. The van der Waals surface area contributed by atoms with Crippen LogP contribution < -0.4 is 5.73 Å². The number of hydrogen-bond donors (Lipinski definition) is 1. The van der Waals surface area contributed by atoms with Crippen LogP contribution in [0.5, 0.6) is 0 Å². The molecule has 1 aromatic rings. The molecule has 0 aliphatic carbocycles. The summed E-state index contributed by atoms with van der Waals surface area (Å²) in [6.45, 7) is 4.95. The summed E-state index contributed by atoms with van der Waals surface area (Å²) in [5.74, 6) is 0. The van der Waals surface area contributed by atoms with Gasteiger partial charge in [0, 0.05) is 6.54 Å². The molecule has 65 valence electrons. The Kier molecular flexibility index (Phi) is 3.30. The highest BCUT2D eigenvalue weighted by molar-refractivity contribution is 5.34. The van der Waals surface area contributed by atoms with Crippen LogP contribution >= 0.6 is 0 Å². The summed E-state index contributed by atoms with van der Waals surface area (Å²) < 4.78 is 0. The quantitative estimate of drug-likeness (QED) is 0.723. The van der Waals surface area contributed by atoms with Crippen molar-refractivity contribution in [3.05, 3.63) is 34.9 Å². The van der Waals surface area contributed by atoms with Gasteiger partial charge >= 0.3 is 0 Å². The van der Waals surface area contributed by atoms with Gasteiger partial charge in [0.05, 0.1) is 0 Å². The van der Waals surface area contributed by atoms with E-state index in [4.69, 9.17) is 5.73 Å². The predicted octanol–water partition coefficient (Wildman–Crippen LogP) is 2.07. The van der Waals surface area contributed by atoms with Crippen molar-refractivity contribution in [1.82, 2.24) is 0 Å². The molecule has 0 heterocycles. The molecule has 0 aromatic heterocycles. The SMILES string of the molecule is CCc1[c]ccc(CC)c1CN. The van der Waals surface area contributed by atoms with Crippen molar-refractivity contribution in [3.63, 3.8) is 0 Å². The van der Waals surface area contributed by atoms with Crippen LogP contribution in [0, 0.1) is 6.07 Å². The van der Waals surface area contributed by atoms with Gasteiger partial charge in [0.15, 0.2) is 0 Å². The van der Waals surface area contributed by atoms with Gasteiger partial charge in [-0.2, -0.15) is 0 Å². The lowest BCUT2D eigenvalue weighted by Gasteiger charge is -2.09. The number of rotatable bonds is 3. The average Bonchev–Trinajstić information content (AvgIpc) is 2.16. The fourth-order valence-electron chi connectivity index (χ4n) is 1.53. The molecule has 0 aliphatic heterocycles. The van der Waals surface area contributed by atoms with Gasteiger partial charge in [-0.15, -0.1) is 0 Å². The Morgan fingerprint density at radius 2 is 2.08 bits per heavy atom. The zero-order chi connectivity index (χ0) is 8.97. The van der Waals surface area contributed by atoms with E-state index in [1.807, 2.05) is 6.07 Å². The molecule has 1 aromatic carbocycles. The molecule has 1 nitrogen and oxygen atoms in total. The smallest absolute Gasteiger partial charge is 0.0183 e. The molecule has 0 atom stereocenters. The molecule has 0 spiro atoms. The van der Waals surface area contributed by atoms with Gasteiger partial charge in [-0.25, -0.2) is 0 Å². The first-order valence-electron chi connectivity index (χ1n) is 4.54. The maximum Gasteiger partial charge on any atom is 0.0183 e. The molecule has 0 fully saturated rings. The van der Waals surface area contributed by atoms with Crippen molar-refractivity contribution in [3.8, 4) is 0 Å². The van der Waals surface area contributed by atoms with Crippen molar-refractivity contribution in [1.29, 1.82) is 0 Å². The van der Waals surface area contributed by atoms with E-state index in [1.54, 1.807) is 0 Å². The van der Waals surface area contributed by atoms with E-state index in [-0.39, 0.29) is 0 Å². The van der Waals surface area contributed by atoms with Crippen LogP contribution in [0.2, 0.25) is 0 Å². The third kappa shape index (κ3) is 1.67. The predicted molar refractivity (Wildman–Crippen MR) is 51.9 cm³/mol. The van der Waals surface area contributed by atoms with E-state index in [0.29, 0.717) is 6.54 Å². The molecule has 0 saturated heterocycles. The van der Waals surface area contributed by atoms with Crippen molar-refractivity contribution in [2.24, 2.45) is 5.73 Å². The molecular weight excluding hydrogens is 146 g/mol. The first kappa shape index (κ1) is 9.27. The Morgan fingerprint density at radius 1 is 1.33 bits per heavy atom. The first-order valence-corrected chi connectivity index (χ1v) is 4.54. The fraction of sp³-hybridized carbons (Fsp3) is 0.455. The lowest BCUT2D eigenvalue weighted by atomic mass is 9.98. The van der Waals surface area contributed by atoms with E-state index in [0.717, 1.165) is 12.8 Å². The maximum absolute atomic E-state index is 5.68. The number of aryl methyl sites for hydroxylation is 2. The van der Waals surface area contributed by atoms with E-state index >= 15 is 0 Å². The Labute approximate surface area is 74.6 Å². The molecule has 2 N–H and O–H groups in total. The Morgan fingerprint density at radius 3 is 2.58 bits per heavy atom. The molecular formula is C11H16N. The highest BCUT2D eigenvalue weighted by atomic mass is 14.5. The summed E-state index contributed by atoms with van der Waals surface area (Å²) in [5.41, 5.74) is 9.62. The number of nitrogens with two attached hydrogens (primary N) is 1. The molecule has 12 heavy (non-hydrogen) atoms. The largest absolute Gasteiger partial charge is 0.326 e. The Balaban J connectivity index is 3.13. The molecule has 0 unspecified atom stereocenters. The van der Waals surface area contributed by atoms with E-state index < -0.39 is 0 Å². The molecule has 0 bridgehead atoms. The lowest BCUT2D eigenvalue weighted by molar-refractivity contribution is 0.954. The van der Waals surface area contributed by atoms with Crippen molar-refractivity contribution in [2.75, 3.05) is 0 Å². The first-order chi connectivity index (χ1) is 5.83. The van der Waals surface area contributed by atoms with Crippen LogP contribution in [0.3, 0.4) is 0 Å². The summed E-state index contributed by atoms with van der Waals surface area (Å²) in [6, 6.07) is 7.34. The number of benzene rings is 1. The Bertz CT molecular complexity index is 231. The molecule has 1 radical (unpaired) electrons. The summed E-state index contributed by atoms with van der Waals surface area (Å²) in [4.78, 5) is 0. The maximum atomic E-state index is 5.68. The zero-order valence-electron chi connectivity index (χ0n) is 7.85. The van der Waals surface area contributed by atoms with Crippen molar-refractivity contribution >= 4 is 0 Å². The van der Waals surface area contributed by atoms with Crippen LogP contribution in [0.4, 0.5) is 0 Å². The molecule has 0 saturated carbocycles. The van der Waals surface area contributed by atoms with Crippen LogP contribution in [-0.4, -0.2) is 0 Å². The monoisotopic (exact) mass is 162 g/mol. The highest BCUT2D eigenvalue weighted by Crippen LogP contribution is 2.14. The standard InChI is InChI=1S/C11H16N/c1-3-9-6-5-7-10(4-2)11(9)8-12/h5-6H,3-4,8,12H2,1-2H3. The van der Waals surface area contributed by atoms with E-state index in [2.05, 4.69) is 26.0 Å². The van der Waals surface area contributed by atoms with Crippen molar-refractivity contribution in [2.45, 2.75) is 33.2 Å². The van der Waals surface area contributed by atoms with Crippen LogP contribution in [0.25, 0.3) is 0 Å². The molecule has 1 heteroatoms. The normalized spacial score (nSPS) is 10.2. The van der Waals surface area contributed by atoms with Gasteiger partial charge < -0.3 is 5.73 Å². The molecule has 0 amide bonds. The van der Waals surface area contributed by atoms with Crippen LogP contribution in [0.15, 0.2) is 12.1 Å². The second kappa shape index (κ2) is 4.27. The second-order valence-corrected chi connectivity index (χ2v) is 2.87. The van der Waals surface area contributed by atoms with Gasteiger partial charge in [0.25, 0.3) is 0 Å². The minimum Gasteiger partial charge on any atom is -0.326 e. The summed E-state index contributed by atoms with van der Waals surface area (Å²) in [7, 11) is 0. The second-order valence-electron chi connectivity index (χ2n) is 2.87. The van der Waals surface area contributed by atoms with E-state index in [9.17, 15) is 0 Å². The highest BCUT2D eigenvalue weighted by Gasteiger charge is 2.02. The molecule has 0 aliphatic rings. The Hall–Kier alpha value is -0.820. The lowest BCUT2D eigenvalue weighted by Crippen LogP contribution is -2.05. The molecule has 1 rings (SSSR count). The van der Waals surface area contributed by atoms with Gasteiger partial charge in [0.2, 0.25) is 0 Å². The van der Waals surface area contributed by atoms with Gasteiger partial charge in [0.1, 0.15) is 0 Å². The summed E-state index contributed by atoms with van der Waals surface area (Å²) >= 11 is 0.